The van der Waals surface area contributed by atoms with Gasteiger partial charge in [-0.1, -0.05) is 24.3 Å². The predicted molar refractivity (Wildman–Crippen MR) is 111 cm³/mol. The minimum absolute atomic E-state index is 0.160. The SMILES string of the molecule is CCOc1ccc(NC(=O)c2ccccc2Nc2cccc(C)c2C)cc1. The van der Waals surface area contributed by atoms with Crippen LogP contribution in [-0.2, 0) is 0 Å². The lowest BCUT2D eigenvalue weighted by molar-refractivity contribution is 0.102. The topological polar surface area (TPSA) is 50.4 Å². The van der Waals surface area contributed by atoms with Crippen LogP contribution in [0.25, 0.3) is 0 Å². The average Bonchev–Trinajstić information content (AvgIpc) is 2.67. The van der Waals surface area contributed by atoms with E-state index in [1.165, 1.54) is 11.1 Å². The summed E-state index contributed by atoms with van der Waals surface area (Å²) in [7, 11) is 0. The monoisotopic (exact) mass is 360 g/mol. The second-order valence-corrected chi connectivity index (χ2v) is 6.33. The molecule has 0 aliphatic rings. The number of benzene rings is 3. The van der Waals surface area contributed by atoms with Crippen molar-refractivity contribution >= 4 is 23.0 Å². The van der Waals surface area contributed by atoms with E-state index in [1.54, 1.807) is 0 Å². The number of ether oxygens (including phenoxy) is 1. The van der Waals surface area contributed by atoms with Crippen LogP contribution < -0.4 is 15.4 Å². The normalized spacial score (nSPS) is 10.3. The Kier molecular flexibility index (Phi) is 5.77. The molecule has 0 atom stereocenters. The van der Waals surface area contributed by atoms with Crippen molar-refractivity contribution in [1.29, 1.82) is 0 Å². The van der Waals surface area contributed by atoms with Gasteiger partial charge < -0.3 is 15.4 Å². The highest BCUT2D eigenvalue weighted by atomic mass is 16.5. The number of carbonyl (C=O) groups excluding carboxylic acids is 1. The second kappa shape index (κ2) is 8.41. The Morgan fingerprint density at radius 3 is 2.33 bits per heavy atom. The van der Waals surface area contributed by atoms with Gasteiger partial charge in [-0.25, -0.2) is 0 Å². The molecular formula is C23H24N2O2. The summed E-state index contributed by atoms with van der Waals surface area (Å²) in [6.45, 7) is 6.70. The van der Waals surface area contributed by atoms with Gasteiger partial charge in [0.15, 0.2) is 0 Å². The van der Waals surface area contributed by atoms with Crippen LogP contribution in [0.5, 0.6) is 5.75 Å². The largest absolute Gasteiger partial charge is 0.494 e. The quantitative estimate of drug-likeness (QED) is 0.593. The zero-order chi connectivity index (χ0) is 19.2. The summed E-state index contributed by atoms with van der Waals surface area (Å²) in [5.41, 5.74) is 5.46. The summed E-state index contributed by atoms with van der Waals surface area (Å²) < 4.78 is 5.43. The Morgan fingerprint density at radius 1 is 0.889 bits per heavy atom. The first kappa shape index (κ1) is 18.5. The highest BCUT2D eigenvalue weighted by Gasteiger charge is 2.12. The Hall–Kier alpha value is -3.27. The smallest absolute Gasteiger partial charge is 0.257 e. The molecular weight excluding hydrogens is 336 g/mol. The number of para-hydroxylation sites is 1. The van der Waals surface area contributed by atoms with Gasteiger partial charge in [-0.3, -0.25) is 4.79 Å². The summed E-state index contributed by atoms with van der Waals surface area (Å²) in [5, 5.41) is 6.34. The van der Waals surface area contributed by atoms with E-state index >= 15 is 0 Å². The van der Waals surface area contributed by atoms with Crippen molar-refractivity contribution in [2.45, 2.75) is 20.8 Å². The number of anilines is 3. The van der Waals surface area contributed by atoms with Gasteiger partial charge in [0.05, 0.1) is 17.9 Å². The number of aryl methyl sites for hydroxylation is 1. The van der Waals surface area contributed by atoms with Crippen LogP contribution in [0.15, 0.2) is 66.7 Å². The van der Waals surface area contributed by atoms with Crippen LogP contribution in [0.4, 0.5) is 17.1 Å². The molecule has 0 aliphatic carbocycles. The van der Waals surface area contributed by atoms with Crippen LogP contribution in [0.1, 0.15) is 28.4 Å². The summed E-state index contributed by atoms with van der Waals surface area (Å²) in [6, 6.07) is 21.0. The van der Waals surface area contributed by atoms with Gasteiger partial charge in [0.2, 0.25) is 0 Å². The molecule has 3 aromatic rings. The van der Waals surface area contributed by atoms with Gasteiger partial charge in [-0.05, 0) is 74.4 Å². The molecule has 0 bridgehead atoms. The van der Waals surface area contributed by atoms with E-state index in [0.29, 0.717) is 12.2 Å². The standard InChI is InChI=1S/C23H24N2O2/c1-4-27-19-14-12-18(13-15-19)24-23(26)20-9-5-6-10-22(20)25-21-11-7-8-16(2)17(21)3/h5-15,25H,4H2,1-3H3,(H,24,26). The van der Waals surface area contributed by atoms with Gasteiger partial charge >= 0.3 is 0 Å². The third-order valence-corrected chi connectivity index (χ3v) is 4.47. The fraction of sp³-hybridized carbons (Fsp3) is 0.174. The molecule has 0 saturated heterocycles. The molecule has 4 heteroatoms. The van der Waals surface area contributed by atoms with Crippen LogP contribution in [0, 0.1) is 13.8 Å². The Balaban J connectivity index is 1.80. The molecule has 0 heterocycles. The summed E-state index contributed by atoms with van der Waals surface area (Å²) in [4.78, 5) is 12.8. The molecule has 1 amide bonds. The van der Waals surface area contributed by atoms with E-state index in [4.69, 9.17) is 4.74 Å². The van der Waals surface area contributed by atoms with Crippen molar-refractivity contribution in [3.05, 3.63) is 83.4 Å². The van der Waals surface area contributed by atoms with Crippen LogP contribution in [0.3, 0.4) is 0 Å². The number of hydrogen-bond donors (Lipinski definition) is 2. The highest BCUT2D eigenvalue weighted by molar-refractivity contribution is 6.08. The van der Waals surface area contributed by atoms with Crippen molar-refractivity contribution in [3.8, 4) is 5.75 Å². The summed E-state index contributed by atoms with van der Waals surface area (Å²) in [5.74, 6) is 0.625. The predicted octanol–water partition coefficient (Wildman–Crippen LogP) is 5.70. The van der Waals surface area contributed by atoms with Crippen LogP contribution in [0.2, 0.25) is 0 Å². The Labute approximate surface area is 160 Å². The lowest BCUT2D eigenvalue weighted by Crippen LogP contribution is -2.14. The molecule has 27 heavy (non-hydrogen) atoms. The molecule has 0 aliphatic heterocycles. The molecule has 4 nitrogen and oxygen atoms in total. The number of amides is 1. The van der Waals surface area contributed by atoms with Crippen molar-refractivity contribution < 1.29 is 9.53 Å². The summed E-state index contributed by atoms with van der Waals surface area (Å²) in [6.07, 6.45) is 0. The van der Waals surface area contributed by atoms with E-state index in [1.807, 2.05) is 67.6 Å². The first-order chi connectivity index (χ1) is 13.1. The molecule has 3 rings (SSSR count). The number of hydrogen-bond acceptors (Lipinski definition) is 3. The Bertz CT molecular complexity index is 933. The van der Waals surface area contributed by atoms with E-state index in [9.17, 15) is 4.79 Å². The minimum Gasteiger partial charge on any atom is -0.494 e. The van der Waals surface area contributed by atoms with Gasteiger partial charge in [0.1, 0.15) is 5.75 Å². The van der Waals surface area contributed by atoms with E-state index < -0.39 is 0 Å². The maximum absolute atomic E-state index is 12.8. The molecule has 0 fully saturated rings. The molecule has 0 radical (unpaired) electrons. The van der Waals surface area contributed by atoms with Crippen molar-refractivity contribution in [3.63, 3.8) is 0 Å². The minimum atomic E-state index is -0.160. The number of nitrogens with one attached hydrogen (secondary N) is 2. The maximum atomic E-state index is 12.8. The van der Waals surface area contributed by atoms with Crippen molar-refractivity contribution in [1.82, 2.24) is 0 Å². The zero-order valence-corrected chi connectivity index (χ0v) is 15.9. The average molecular weight is 360 g/mol. The molecule has 0 spiro atoms. The fourth-order valence-corrected chi connectivity index (χ4v) is 2.82. The van der Waals surface area contributed by atoms with Gasteiger partial charge in [0, 0.05) is 11.4 Å². The zero-order valence-electron chi connectivity index (χ0n) is 15.9. The second-order valence-electron chi connectivity index (χ2n) is 6.33. The third kappa shape index (κ3) is 4.47. The first-order valence-corrected chi connectivity index (χ1v) is 9.05. The molecule has 2 N–H and O–H groups in total. The molecule has 0 unspecified atom stereocenters. The maximum Gasteiger partial charge on any atom is 0.257 e. The number of rotatable bonds is 6. The molecule has 0 saturated carbocycles. The lowest BCUT2D eigenvalue weighted by Gasteiger charge is -2.15. The molecule has 138 valence electrons. The Morgan fingerprint density at radius 2 is 1.59 bits per heavy atom. The van der Waals surface area contributed by atoms with Crippen LogP contribution in [-0.4, -0.2) is 12.5 Å². The molecule has 0 aromatic heterocycles. The molecule has 3 aromatic carbocycles. The van der Waals surface area contributed by atoms with E-state index in [2.05, 4.69) is 30.5 Å². The van der Waals surface area contributed by atoms with E-state index in [-0.39, 0.29) is 5.91 Å². The van der Waals surface area contributed by atoms with E-state index in [0.717, 1.165) is 22.8 Å². The number of carbonyl (C=O) groups is 1. The van der Waals surface area contributed by atoms with Gasteiger partial charge in [-0.15, -0.1) is 0 Å². The lowest BCUT2D eigenvalue weighted by atomic mass is 10.1. The summed E-state index contributed by atoms with van der Waals surface area (Å²) >= 11 is 0. The highest BCUT2D eigenvalue weighted by Crippen LogP contribution is 2.26. The van der Waals surface area contributed by atoms with Crippen molar-refractivity contribution in [2.24, 2.45) is 0 Å². The van der Waals surface area contributed by atoms with Gasteiger partial charge in [0.25, 0.3) is 5.91 Å². The van der Waals surface area contributed by atoms with Gasteiger partial charge in [-0.2, -0.15) is 0 Å². The third-order valence-electron chi connectivity index (χ3n) is 4.47. The van der Waals surface area contributed by atoms with Crippen molar-refractivity contribution in [2.75, 3.05) is 17.2 Å². The van der Waals surface area contributed by atoms with Crippen LogP contribution >= 0.6 is 0 Å². The first-order valence-electron chi connectivity index (χ1n) is 9.05. The fourth-order valence-electron chi connectivity index (χ4n) is 2.82.